The van der Waals surface area contributed by atoms with Crippen molar-refractivity contribution in [2.24, 2.45) is 21.4 Å². The quantitative estimate of drug-likeness (QED) is 0.384. The van der Waals surface area contributed by atoms with E-state index in [1.54, 1.807) is 36.4 Å². The number of nitrogens with one attached hydrogen (secondary N) is 1. The van der Waals surface area contributed by atoms with Crippen LogP contribution < -0.4 is 5.32 Å². The Morgan fingerprint density at radius 3 is 2.48 bits per heavy atom. The summed E-state index contributed by atoms with van der Waals surface area (Å²) in [6, 6.07) is 14.1. The molecule has 31 heavy (non-hydrogen) atoms. The number of rotatable bonds is 4. The minimum absolute atomic E-state index is 0.0482. The molecule has 2 aromatic rings. The summed E-state index contributed by atoms with van der Waals surface area (Å²) in [5.41, 5.74) is 0.532. The molecular weight excluding hydrogens is 480 g/mol. The number of anilines is 1. The largest absolute Gasteiger partial charge is 0.365 e. The second kappa shape index (κ2) is 7.75. The molecule has 2 unspecified atom stereocenters. The van der Waals surface area contributed by atoms with E-state index >= 15 is 0 Å². The predicted octanol–water partition coefficient (Wildman–Crippen LogP) is 6.47. The number of halogens is 2. The normalized spacial score (nSPS) is 27.3. The van der Waals surface area contributed by atoms with Crippen LogP contribution in [-0.4, -0.2) is 17.6 Å². The average molecular weight is 504 g/mol. The number of amides is 1. The van der Waals surface area contributed by atoms with Gasteiger partial charge in [0.1, 0.15) is 0 Å². The lowest BCUT2D eigenvalue weighted by atomic mass is 9.64. The number of fused-ring (bicyclic) bond motifs is 2. The number of carbonyl (C=O) groups excluding carboxylic acids is 2. The standard InChI is InChI=1S/C24H24BrClN2O3/c1-22(2)23(3)11-12-24(22,21(30)27-18-6-4-5-17(26)13-18)14-19(23)28-31-20(29)15-7-9-16(25)10-8-15/h4-10,13H,11-12,14H2,1-3H3,(H,27,30). The van der Waals surface area contributed by atoms with Gasteiger partial charge >= 0.3 is 5.97 Å². The molecule has 0 spiro atoms. The number of oxime groups is 1. The van der Waals surface area contributed by atoms with Gasteiger partial charge in [-0.3, -0.25) is 4.79 Å². The highest BCUT2D eigenvalue weighted by molar-refractivity contribution is 9.10. The summed E-state index contributed by atoms with van der Waals surface area (Å²) in [7, 11) is 0. The third-order valence-electron chi connectivity index (χ3n) is 7.57. The van der Waals surface area contributed by atoms with Crippen LogP contribution in [0.3, 0.4) is 0 Å². The molecule has 0 aromatic heterocycles. The molecule has 2 aliphatic carbocycles. The summed E-state index contributed by atoms with van der Waals surface area (Å²) in [6.45, 7) is 6.33. The Morgan fingerprint density at radius 1 is 1.10 bits per heavy atom. The first-order valence-electron chi connectivity index (χ1n) is 10.2. The van der Waals surface area contributed by atoms with Gasteiger partial charge in [-0.15, -0.1) is 0 Å². The van der Waals surface area contributed by atoms with Crippen LogP contribution in [0.4, 0.5) is 5.69 Å². The highest BCUT2D eigenvalue weighted by atomic mass is 79.9. The molecule has 2 bridgehead atoms. The lowest BCUT2D eigenvalue weighted by molar-refractivity contribution is -0.130. The molecule has 5 nitrogen and oxygen atoms in total. The average Bonchev–Trinajstić information content (AvgIpc) is 3.03. The highest BCUT2D eigenvalue weighted by Crippen LogP contribution is 2.71. The van der Waals surface area contributed by atoms with Crippen molar-refractivity contribution < 1.29 is 14.4 Å². The number of carbonyl (C=O) groups is 2. The van der Waals surface area contributed by atoms with E-state index in [4.69, 9.17) is 16.4 Å². The Balaban J connectivity index is 1.58. The van der Waals surface area contributed by atoms with Crippen molar-refractivity contribution in [2.75, 3.05) is 5.32 Å². The van der Waals surface area contributed by atoms with Crippen LogP contribution in [0.25, 0.3) is 0 Å². The van der Waals surface area contributed by atoms with E-state index < -0.39 is 11.4 Å². The van der Waals surface area contributed by atoms with Crippen LogP contribution >= 0.6 is 27.5 Å². The smallest absolute Gasteiger partial charge is 0.326 e. The second-order valence-corrected chi connectivity index (χ2v) is 10.5. The molecule has 2 atom stereocenters. The van der Waals surface area contributed by atoms with E-state index in [2.05, 4.69) is 47.2 Å². The Morgan fingerprint density at radius 2 is 1.81 bits per heavy atom. The van der Waals surface area contributed by atoms with Gasteiger partial charge in [-0.2, -0.15) is 0 Å². The minimum atomic E-state index is -0.632. The molecule has 1 N–H and O–H groups in total. The molecule has 7 heteroatoms. The van der Waals surface area contributed by atoms with Crippen molar-refractivity contribution in [3.63, 3.8) is 0 Å². The van der Waals surface area contributed by atoms with Gasteiger partial charge in [0.15, 0.2) is 0 Å². The van der Waals surface area contributed by atoms with E-state index in [0.29, 0.717) is 22.7 Å². The van der Waals surface area contributed by atoms with Crippen molar-refractivity contribution in [3.05, 3.63) is 63.6 Å². The van der Waals surface area contributed by atoms with Gasteiger partial charge in [-0.05, 0) is 60.7 Å². The lowest BCUT2D eigenvalue weighted by Crippen LogP contribution is -2.43. The molecule has 0 heterocycles. The summed E-state index contributed by atoms with van der Waals surface area (Å²) in [6.07, 6.45) is 2.01. The number of hydrogen-bond acceptors (Lipinski definition) is 4. The predicted molar refractivity (Wildman–Crippen MR) is 125 cm³/mol. The maximum Gasteiger partial charge on any atom is 0.365 e. The van der Waals surface area contributed by atoms with Crippen molar-refractivity contribution in [3.8, 4) is 0 Å². The van der Waals surface area contributed by atoms with E-state index in [-0.39, 0.29) is 16.7 Å². The minimum Gasteiger partial charge on any atom is -0.326 e. The molecule has 4 rings (SSSR count). The van der Waals surface area contributed by atoms with Gasteiger partial charge in [-0.25, -0.2) is 4.79 Å². The fourth-order valence-corrected chi connectivity index (χ4v) is 5.53. The van der Waals surface area contributed by atoms with Gasteiger partial charge in [-0.1, -0.05) is 59.5 Å². The maximum absolute atomic E-state index is 13.5. The monoisotopic (exact) mass is 502 g/mol. The van der Waals surface area contributed by atoms with Gasteiger partial charge < -0.3 is 10.2 Å². The summed E-state index contributed by atoms with van der Waals surface area (Å²) < 4.78 is 0.880. The lowest BCUT2D eigenvalue weighted by Gasteiger charge is -2.39. The Kier molecular flexibility index (Phi) is 5.51. The van der Waals surface area contributed by atoms with Crippen LogP contribution in [0.15, 0.2) is 58.2 Å². The van der Waals surface area contributed by atoms with E-state index in [0.717, 1.165) is 23.0 Å². The van der Waals surface area contributed by atoms with E-state index in [1.807, 2.05) is 12.1 Å². The Bertz CT molecular complexity index is 1080. The maximum atomic E-state index is 13.5. The first-order chi connectivity index (χ1) is 14.6. The zero-order valence-corrected chi connectivity index (χ0v) is 20.0. The summed E-state index contributed by atoms with van der Waals surface area (Å²) >= 11 is 9.43. The van der Waals surface area contributed by atoms with Crippen LogP contribution in [0, 0.1) is 16.2 Å². The molecular formula is C24H24BrClN2O3. The Hall–Kier alpha value is -2.18. The summed E-state index contributed by atoms with van der Waals surface area (Å²) in [4.78, 5) is 31.2. The first-order valence-corrected chi connectivity index (χ1v) is 11.4. The summed E-state index contributed by atoms with van der Waals surface area (Å²) in [5.74, 6) is -0.561. The van der Waals surface area contributed by atoms with E-state index in [9.17, 15) is 9.59 Å². The number of benzene rings is 2. The van der Waals surface area contributed by atoms with Crippen molar-refractivity contribution in [1.82, 2.24) is 0 Å². The first kappa shape index (κ1) is 22.0. The van der Waals surface area contributed by atoms with Crippen molar-refractivity contribution in [1.29, 1.82) is 0 Å². The topological polar surface area (TPSA) is 67.8 Å². The van der Waals surface area contributed by atoms with Gasteiger partial charge in [0, 0.05) is 27.0 Å². The van der Waals surface area contributed by atoms with Gasteiger partial charge in [0.25, 0.3) is 0 Å². The molecule has 0 radical (unpaired) electrons. The zero-order chi connectivity index (χ0) is 22.4. The second-order valence-electron chi connectivity index (χ2n) is 9.10. The Labute approximate surface area is 195 Å². The van der Waals surface area contributed by atoms with Crippen molar-refractivity contribution in [2.45, 2.75) is 40.0 Å². The van der Waals surface area contributed by atoms with Crippen LogP contribution in [-0.2, 0) is 9.63 Å². The van der Waals surface area contributed by atoms with E-state index in [1.165, 1.54) is 0 Å². The zero-order valence-electron chi connectivity index (χ0n) is 17.7. The fraction of sp³-hybridized carbons (Fsp3) is 0.375. The van der Waals surface area contributed by atoms with Crippen LogP contribution in [0.1, 0.15) is 50.4 Å². The van der Waals surface area contributed by atoms with Gasteiger partial charge in [0.2, 0.25) is 5.91 Å². The van der Waals surface area contributed by atoms with Crippen LogP contribution in [0.5, 0.6) is 0 Å². The molecule has 1 amide bonds. The summed E-state index contributed by atoms with van der Waals surface area (Å²) in [5, 5.41) is 7.89. The third kappa shape index (κ3) is 3.50. The van der Waals surface area contributed by atoms with Crippen LogP contribution in [0.2, 0.25) is 5.02 Å². The molecule has 2 saturated carbocycles. The molecule has 0 saturated heterocycles. The fourth-order valence-electron chi connectivity index (χ4n) is 5.07. The molecule has 2 aliphatic rings. The number of nitrogens with zero attached hydrogens (tertiary/aromatic N) is 1. The molecule has 2 fully saturated rings. The number of hydrogen-bond donors (Lipinski definition) is 1. The SMILES string of the molecule is CC12CCC(C(=O)Nc3cccc(Cl)c3)(CC1=NOC(=O)c1ccc(Br)cc1)C2(C)C. The molecule has 162 valence electrons. The highest BCUT2D eigenvalue weighted by Gasteiger charge is 2.71. The molecule has 0 aliphatic heterocycles. The van der Waals surface area contributed by atoms with Crippen molar-refractivity contribution >= 4 is 50.8 Å². The van der Waals surface area contributed by atoms with Gasteiger partial charge in [0.05, 0.1) is 16.7 Å². The third-order valence-corrected chi connectivity index (χ3v) is 8.33. The molecule has 2 aromatic carbocycles.